The van der Waals surface area contributed by atoms with Crippen molar-refractivity contribution in [2.75, 3.05) is 19.8 Å². The highest BCUT2D eigenvalue weighted by Gasteiger charge is 2.29. The Morgan fingerprint density at radius 3 is 2.91 bits per heavy atom. The topological polar surface area (TPSA) is 71.8 Å². The summed E-state index contributed by atoms with van der Waals surface area (Å²) in [6.45, 7) is 1.39. The zero-order valence-electron chi connectivity index (χ0n) is 12.1. The van der Waals surface area contributed by atoms with Gasteiger partial charge in [-0.1, -0.05) is 18.2 Å². The number of benzene rings is 1. The van der Waals surface area contributed by atoms with Crippen molar-refractivity contribution >= 4 is 22.8 Å². The number of nitrogens with zero attached hydrogens (tertiary/aromatic N) is 2. The Labute approximate surface area is 127 Å². The third-order valence-corrected chi connectivity index (χ3v) is 3.94. The molecule has 22 heavy (non-hydrogen) atoms. The van der Waals surface area contributed by atoms with E-state index in [1.165, 1.54) is 0 Å². The van der Waals surface area contributed by atoms with E-state index in [9.17, 15) is 9.59 Å². The van der Waals surface area contributed by atoms with Gasteiger partial charge >= 0.3 is 5.97 Å². The van der Waals surface area contributed by atoms with Gasteiger partial charge in [-0.3, -0.25) is 9.59 Å². The Balaban J connectivity index is 1.76. The largest absolute Gasteiger partial charge is 0.481 e. The first-order chi connectivity index (χ1) is 10.6. The number of ether oxygens (including phenoxy) is 1. The average molecular weight is 302 g/mol. The molecule has 1 aliphatic heterocycles. The number of carboxylic acids is 1. The molecule has 1 unspecified atom stereocenters. The molecule has 0 spiro atoms. The standard InChI is InChI=1S/C16H18N2O4/c19-15(18-7-8-22-11-13(18)9-16(20)21)10-17-6-5-12-3-1-2-4-14(12)17/h1-6,13H,7-11H2,(H,20,21). The van der Waals surface area contributed by atoms with Crippen molar-refractivity contribution < 1.29 is 19.4 Å². The molecule has 116 valence electrons. The minimum Gasteiger partial charge on any atom is -0.481 e. The van der Waals surface area contributed by atoms with E-state index in [1.54, 1.807) is 4.90 Å². The lowest BCUT2D eigenvalue weighted by Gasteiger charge is -2.35. The maximum atomic E-state index is 12.6. The van der Waals surface area contributed by atoms with Crippen LogP contribution in [-0.4, -0.2) is 52.3 Å². The molecule has 1 aliphatic rings. The number of morpholine rings is 1. The monoisotopic (exact) mass is 302 g/mol. The summed E-state index contributed by atoms with van der Waals surface area (Å²) in [6, 6.07) is 9.44. The van der Waals surface area contributed by atoms with Crippen LogP contribution in [0.25, 0.3) is 10.9 Å². The highest BCUT2D eigenvalue weighted by Crippen LogP contribution is 2.17. The average Bonchev–Trinajstić information content (AvgIpc) is 2.90. The summed E-state index contributed by atoms with van der Waals surface area (Å²) in [5, 5.41) is 10.0. The number of amides is 1. The second-order valence-corrected chi connectivity index (χ2v) is 5.42. The number of rotatable bonds is 4. The van der Waals surface area contributed by atoms with Crippen LogP contribution in [0.4, 0.5) is 0 Å². The number of carbonyl (C=O) groups is 2. The zero-order valence-corrected chi connectivity index (χ0v) is 12.1. The summed E-state index contributed by atoms with van der Waals surface area (Å²) in [7, 11) is 0. The van der Waals surface area contributed by atoms with Gasteiger partial charge in [-0.2, -0.15) is 0 Å². The van der Waals surface area contributed by atoms with Crippen LogP contribution in [0, 0.1) is 0 Å². The molecule has 1 atom stereocenters. The number of aromatic nitrogens is 1. The normalized spacial score (nSPS) is 18.5. The van der Waals surface area contributed by atoms with Crippen LogP contribution in [0.15, 0.2) is 36.5 Å². The quantitative estimate of drug-likeness (QED) is 0.925. The van der Waals surface area contributed by atoms with Crippen molar-refractivity contribution in [3.63, 3.8) is 0 Å². The lowest BCUT2D eigenvalue weighted by molar-refractivity contribution is -0.146. The SMILES string of the molecule is O=C(O)CC1COCCN1C(=O)Cn1ccc2ccccc21. The Bertz CT molecular complexity index is 694. The van der Waals surface area contributed by atoms with E-state index in [1.807, 2.05) is 41.1 Å². The molecular formula is C16H18N2O4. The van der Waals surface area contributed by atoms with Crippen molar-refractivity contribution in [2.45, 2.75) is 19.0 Å². The number of aliphatic carboxylic acids is 1. The third-order valence-electron chi connectivity index (χ3n) is 3.94. The van der Waals surface area contributed by atoms with Gasteiger partial charge in [0.2, 0.25) is 5.91 Å². The van der Waals surface area contributed by atoms with E-state index in [2.05, 4.69) is 0 Å². The van der Waals surface area contributed by atoms with Crippen molar-refractivity contribution in [3.05, 3.63) is 36.5 Å². The third kappa shape index (κ3) is 2.96. The van der Waals surface area contributed by atoms with Crippen LogP contribution in [0.3, 0.4) is 0 Å². The molecular weight excluding hydrogens is 284 g/mol. The number of carbonyl (C=O) groups excluding carboxylic acids is 1. The lowest BCUT2D eigenvalue weighted by atomic mass is 10.1. The van der Waals surface area contributed by atoms with E-state index in [-0.39, 0.29) is 31.5 Å². The fourth-order valence-electron chi connectivity index (χ4n) is 2.87. The van der Waals surface area contributed by atoms with E-state index in [0.717, 1.165) is 10.9 Å². The fraction of sp³-hybridized carbons (Fsp3) is 0.375. The molecule has 0 radical (unpaired) electrons. The summed E-state index contributed by atoms with van der Waals surface area (Å²) in [5.74, 6) is -0.990. The molecule has 6 nitrogen and oxygen atoms in total. The van der Waals surface area contributed by atoms with Crippen LogP contribution in [0.2, 0.25) is 0 Å². The second kappa shape index (κ2) is 6.19. The van der Waals surface area contributed by atoms with E-state index in [0.29, 0.717) is 13.2 Å². The van der Waals surface area contributed by atoms with E-state index in [4.69, 9.17) is 9.84 Å². The van der Waals surface area contributed by atoms with Crippen molar-refractivity contribution in [1.29, 1.82) is 0 Å². The Hall–Kier alpha value is -2.34. The molecule has 1 aromatic heterocycles. The molecule has 0 aliphatic carbocycles. The van der Waals surface area contributed by atoms with Gasteiger partial charge in [-0.15, -0.1) is 0 Å². The highest BCUT2D eigenvalue weighted by molar-refractivity contribution is 5.83. The van der Waals surface area contributed by atoms with Gasteiger partial charge in [0.25, 0.3) is 0 Å². The summed E-state index contributed by atoms with van der Waals surface area (Å²) in [6.07, 6.45) is 1.80. The van der Waals surface area contributed by atoms with Gasteiger partial charge in [0, 0.05) is 18.3 Å². The Kier molecular flexibility index (Phi) is 4.11. The highest BCUT2D eigenvalue weighted by atomic mass is 16.5. The Morgan fingerprint density at radius 1 is 1.27 bits per heavy atom. The number of para-hydroxylation sites is 1. The van der Waals surface area contributed by atoms with Crippen molar-refractivity contribution in [3.8, 4) is 0 Å². The van der Waals surface area contributed by atoms with Gasteiger partial charge in [0.15, 0.2) is 0 Å². The molecule has 1 amide bonds. The maximum absolute atomic E-state index is 12.6. The predicted molar refractivity (Wildman–Crippen MR) is 80.5 cm³/mol. The van der Waals surface area contributed by atoms with Crippen LogP contribution in [0.1, 0.15) is 6.42 Å². The number of hydrogen-bond donors (Lipinski definition) is 1. The minimum absolute atomic E-state index is 0.0732. The molecule has 2 aromatic rings. The first-order valence-electron chi connectivity index (χ1n) is 7.28. The molecule has 3 rings (SSSR count). The maximum Gasteiger partial charge on any atom is 0.305 e. The van der Waals surface area contributed by atoms with E-state index < -0.39 is 5.97 Å². The summed E-state index contributed by atoms with van der Waals surface area (Å²) < 4.78 is 7.20. The fourth-order valence-corrected chi connectivity index (χ4v) is 2.87. The van der Waals surface area contributed by atoms with Gasteiger partial charge in [0.1, 0.15) is 6.54 Å². The summed E-state index contributed by atoms with van der Waals surface area (Å²) >= 11 is 0. The van der Waals surface area contributed by atoms with Crippen molar-refractivity contribution in [1.82, 2.24) is 9.47 Å². The summed E-state index contributed by atoms with van der Waals surface area (Å²) in [4.78, 5) is 25.1. The molecule has 1 saturated heterocycles. The zero-order chi connectivity index (χ0) is 15.5. The number of hydrogen-bond acceptors (Lipinski definition) is 3. The predicted octanol–water partition coefficient (Wildman–Crippen LogP) is 1.34. The van der Waals surface area contributed by atoms with Crippen LogP contribution >= 0.6 is 0 Å². The molecule has 0 saturated carbocycles. The molecule has 1 aromatic carbocycles. The van der Waals surface area contributed by atoms with E-state index >= 15 is 0 Å². The first-order valence-corrected chi connectivity index (χ1v) is 7.28. The molecule has 0 bridgehead atoms. The first kappa shape index (κ1) is 14.6. The second-order valence-electron chi connectivity index (χ2n) is 5.42. The van der Waals surface area contributed by atoms with Gasteiger partial charge in [-0.25, -0.2) is 0 Å². The molecule has 6 heteroatoms. The molecule has 1 N–H and O–H groups in total. The smallest absolute Gasteiger partial charge is 0.305 e. The van der Waals surface area contributed by atoms with Gasteiger partial charge in [-0.05, 0) is 17.5 Å². The molecule has 2 heterocycles. The minimum atomic E-state index is -0.917. The van der Waals surface area contributed by atoms with Gasteiger partial charge in [0.05, 0.1) is 25.7 Å². The van der Waals surface area contributed by atoms with Crippen LogP contribution in [-0.2, 0) is 20.9 Å². The Morgan fingerprint density at radius 2 is 2.09 bits per heavy atom. The van der Waals surface area contributed by atoms with Crippen molar-refractivity contribution in [2.24, 2.45) is 0 Å². The van der Waals surface area contributed by atoms with Gasteiger partial charge < -0.3 is 19.3 Å². The summed E-state index contributed by atoms with van der Waals surface area (Å²) in [5.41, 5.74) is 0.999. The number of carboxylic acid groups (broad SMARTS) is 1. The number of fused-ring (bicyclic) bond motifs is 1. The van der Waals surface area contributed by atoms with Crippen LogP contribution in [0.5, 0.6) is 0 Å². The molecule has 1 fully saturated rings. The van der Waals surface area contributed by atoms with Crippen LogP contribution < -0.4 is 0 Å². The lowest BCUT2D eigenvalue weighted by Crippen LogP contribution is -2.50.